The summed E-state index contributed by atoms with van der Waals surface area (Å²) >= 11 is 0. The molecular weight excluding hydrogens is 196 g/mol. The Hall–Kier alpha value is -1.26. The standard InChI is InChI=1S/C10H18N2O3/c1-8(2)7-12-6-5-11(10(14)15)4-3-9(12)13/h8H,3-7H2,1-2H3,(H,14,15). The molecule has 1 saturated heterocycles. The zero-order valence-corrected chi connectivity index (χ0v) is 9.27. The quantitative estimate of drug-likeness (QED) is 0.741. The SMILES string of the molecule is CC(C)CN1CCN(C(=O)O)CCC1=O. The molecule has 1 N–H and O–H groups in total. The summed E-state index contributed by atoms with van der Waals surface area (Å²) in [5, 5.41) is 8.81. The number of carbonyl (C=O) groups is 2. The number of nitrogens with zero attached hydrogens (tertiary/aromatic N) is 2. The monoisotopic (exact) mass is 214 g/mol. The fourth-order valence-corrected chi connectivity index (χ4v) is 1.69. The highest BCUT2D eigenvalue weighted by Gasteiger charge is 2.23. The topological polar surface area (TPSA) is 60.9 Å². The van der Waals surface area contributed by atoms with E-state index in [1.807, 2.05) is 13.8 Å². The van der Waals surface area contributed by atoms with Crippen LogP contribution in [0.2, 0.25) is 0 Å². The first-order valence-corrected chi connectivity index (χ1v) is 5.26. The Morgan fingerprint density at radius 1 is 1.40 bits per heavy atom. The van der Waals surface area contributed by atoms with Gasteiger partial charge in [0.2, 0.25) is 5.91 Å². The van der Waals surface area contributed by atoms with Crippen LogP contribution in [0.3, 0.4) is 0 Å². The van der Waals surface area contributed by atoms with Crippen molar-refractivity contribution in [3.8, 4) is 0 Å². The van der Waals surface area contributed by atoms with Crippen molar-refractivity contribution in [3.05, 3.63) is 0 Å². The van der Waals surface area contributed by atoms with Crippen LogP contribution in [-0.4, -0.2) is 53.1 Å². The second-order valence-corrected chi connectivity index (χ2v) is 4.25. The van der Waals surface area contributed by atoms with Gasteiger partial charge in [0.05, 0.1) is 0 Å². The minimum absolute atomic E-state index is 0.0625. The summed E-state index contributed by atoms with van der Waals surface area (Å²) in [6.07, 6.45) is -0.631. The van der Waals surface area contributed by atoms with Crippen LogP contribution in [0, 0.1) is 5.92 Å². The zero-order valence-electron chi connectivity index (χ0n) is 9.27. The Morgan fingerprint density at radius 2 is 2.07 bits per heavy atom. The number of carboxylic acid groups (broad SMARTS) is 1. The minimum atomic E-state index is -0.936. The van der Waals surface area contributed by atoms with Gasteiger partial charge in [-0.3, -0.25) is 4.79 Å². The van der Waals surface area contributed by atoms with Crippen LogP contribution in [0.4, 0.5) is 4.79 Å². The Labute approximate surface area is 89.7 Å². The maximum atomic E-state index is 11.6. The minimum Gasteiger partial charge on any atom is -0.465 e. The predicted octanol–water partition coefficient (Wildman–Crippen LogP) is 0.855. The third-order valence-electron chi connectivity index (χ3n) is 2.44. The van der Waals surface area contributed by atoms with Crippen molar-refractivity contribution < 1.29 is 14.7 Å². The maximum Gasteiger partial charge on any atom is 0.407 e. The average Bonchev–Trinajstić information content (AvgIpc) is 2.29. The van der Waals surface area contributed by atoms with Crippen molar-refractivity contribution in [1.29, 1.82) is 0 Å². The molecule has 0 aromatic carbocycles. The van der Waals surface area contributed by atoms with Gasteiger partial charge in [-0.15, -0.1) is 0 Å². The molecule has 1 aliphatic rings. The molecule has 1 aliphatic heterocycles. The van der Waals surface area contributed by atoms with Gasteiger partial charge in [0.25, 0.3) is 0 Å². The number of rotatable bonds is 2. The van der Waals surface area contributed by atoms with Crippen molar-refractivity contribution in [2.45, 2.75) is 20.3 Å². The second-order valence-electron chi connectivity index (χ2n) is 4.25. The lowest BCUT2D eigenvalue weighted by Crippen LogP contribution is -2.36. The summed E-state index contributed by atoms with van der Waals surface area (Å²) in [5.41, 5.74) is 0. The largest absolute Gasteiger partial charge is 0.465 e. The number of carbonyl (C=O) groups excluding carboxylic acids is 1. The summed E-state index contributed by atoms with van der Waals surface area (Å²) < 4.78 is 0. The molecule has 0 bridgehead atoms. The molecule has 15 heavy (non-hydrogen) atoms. The summed E-state index contributed by atoms with van der Waals surface area (Å²) in [6.45, 7) is 6.08. The summed E-state index contributed by atoms with van der Waals surface area (Å²) in [4.78, 5) is 25.4. The van der Waals surface area contributed by atoms with Gasteiger partial charge in [-0.2, -0.15) is 0 Å². The van der Waals surface area contributed by atoms with Gasteiger partial charge in [-0.05, 0) is 5.92 Å². The second kappa shape index (κ2) is 5.00. The van der Waals surface area contributed by atoms with Crippen molar-refractivity contribution in [3.63, 3.8) is 0 Å². The molecule has 0 aromatic heterocycles. The van der Waals surface area contributed by atoms with Gasteiger partial charge < -0.3 is 14.9 Å². The van der Waals surface area contributed by atoms with Crippen LogP contribution in [0.25, 0.3) is 0 Å². The van der Waals surface area contributed by atoms with Crippen LogP contribution in [0.1, 0.15) is 20.3 Å². The third-order valence-corrected chi connectivity index (χ3v) is 2.44. The van der Waals surface area contributed by atoms with Gasteiger partial charge in [-0.25, -0.2) is 4.79 Å². The van der Waals surface area contributed by atoms with E-state index in [0.29, 0.717) is 38.5 Å². The van der Waals surface area contributed by atoms with Crippen molar-refractivity contribution >= 4 is 12.0 Å². The lowest BCUT2D eigenvalue weighted by Gasteiger charge is -2.22. The van der Waals surface area contributed by atoms with E-state index in [4.69, 9.17) is 5.11 Å². The van der Waals surface area contributed by atoms with E-state index < -0.39 is 6.09 Å². The molecule has 1 rings (SSSR count). The normalized spacial score (nSPS) is 18.2. The van der Waals surface area contributed by atoms with E-state index in [1.165, 1.54) is 4.90 Å². The Bertz CT molecular complexity index is 253. The first-order chi connectivity index (χ1) is 7.00. The molecule has 1 fully saturated rings. The molecule has 5 nitrogen and oxygen atoms in total. The third kappa shape index (κ3) is 3.42. The van der Waals surface area contributed by atoms with Crippen LogP contribution < -0.4 is 0 Å². The van der Waals surface area contributed by atoms with Crippen LogP contribution in [0.5, 0.6) is 0 Å². The van der Waals surface area contributed by atoms with E-state index >= 15 is 0 Å². The smallest absolute Gasteiger partial charge is 0.407 e. The Kier molecular flexibility index (Phi) is 3.94. The Morgan fingerprint density at radius 3 is 2.60 bits per heavy atom. The average molecular weight is 214 g/mol. The van der Waals surface area contributed by atoms with Gasteiger partial charge in [-0.1, -0.05) is 13.8 Å². The molecule has 0 aliphatic carbocycles. The first kappa shape index (κ1) is 11.8. The molecular formula is C10H18N2O3. The molecule has 5 heteroatoms. The summed E-state index contributed by atoms with van der Waals surface area (Å²) in [5.74, 6) is 0.484. The fourth-order valence-electron chi connectivity index (χ4n) is 1.69. The predicted molar refractivity (Wildman–Crippen MR) is 55.6 cm³/mol. The van der Waals surface area contributed by atoms with E-state index in [1.54, 1.807) is 4.90 Å². The molecule has 0 unspecified atom stereocenters. The molecule has 0 atom stereocenters. The molecule has 0 spiro atoms. The number of hydrogen-bond donors (Lipinski definition) is 1. The lowest BCUT2D eigenvalue weighted by atomic mass is 10.2. The highest BCUT2D eigenvalue weighted by Crippen LogP contribution is 2.07. The number of amides is 2. The van der Waals surface area contributed by atoms with Crippen LogP contribution in [0.15, 0.2) is 0 Å². The van der Waals surface area contributed by atoms with E-state index in [-0.39, 0.29) is 5.91 Å². The van der Waals surface area contributed by atoms with E-state index in [9.17, 15) is 9.59 Å². The van der Waals surface area contributed by atoms with Crippen LogP contribution >= 0.6 is 0 Å². The highest BCUT2D eigenvalue weighted by molar-refractivity contribution is 5.77. The van der Waals surface area contributed by atoms with Gasteiger partial charge in [0, 0.05) is 32.6 Å². The lowest BCUT2D eigenvalue weighted by molar-refractivity contribution is -0.130. The maximum absolute atomic E-state index is 11.6. The van der Waals surface area contributed by atoms with Crippen molar-refractivity contribution in [2.24, 2.45) is 5.92 Å². The van der Waals surface area contributed by atoms with Gasteiger partial charge in [0.1, 0.15) is 0 Å². The molecule has 86 valence electrons. The zero-order chi connectivity index (χ0) is 11.4. The molecule has 2 amide bonds. The van der Waals surface area contributed by atoms with Gasteiger partial charge in [0.15, 0.2) is 0 Å². The molecule has 0 radical (unpaired) electrons. The highest BCUT2D eigenvalue weighted by atomic mass is 16.4. The molecule has 1 heterocycles. The van der Waals surface area contributed by atoms with Crippen molar-refractivity contribution in [1.82, 2.24) is 9.80 Å². The van der Waals surface area contributed by atoms with Gasteiger partial charge >= 0.3 is 6.09 Å². The van der Waals surface area contributed by atoms with Crippen LogP contribution in [-0.2, 0) is 4.79 Å². The fraction of sp³-hybridized carbons (Fsp3) is 0.800. The van der Waals surface area contributed by atoms with E-state index in [0.717, 1.165) is 0 Å². The van der Waals surface area contributed by atoms with E-state index in [2.05, 4.69) is 0 Å². The number of hydrogen-bond acceptors (Lipinski definition) is 2. The molecule has 0 aromatic rings. The Balaban J connectivity index is 2.55. The van der Waals surface area contributed by atoms with Crippen molar-refractivity contribution in [2.75, 3.05) is 26.2 Å². The molecule has 0 saturated carbocycles. The summed E-state index contributed by atoms with van der Waals surface area (Å²) in [7, 11) is 0. The first-order valence-electron chi connectivity index (χ1n) is 5.26. The summed E-state index contributed by atoms with van der Waals surface area (Å²) in [6, 6.07) is 0.